The number of aryl methyl sites for hydroxylation is 1. The minimum Gasteiger partial charge on any atom is -0.454 e. The number of halogens is 1. The molecule has 3 aromatic carbocycles. The number of rotatable bonds is 5. The van der Waals surface area contributed by atoms with E-state index in [1.807, 2.05) is 18.2 Å². The number of anilines is 1. The molecule has 1 heterocycles. The van der Waals surface area contributed by atoms with Crippen LogP contribution >= 0.6 is 0 Å². The maximum atomic E-state index is 14.8. The van der Waals surface area contributed by atoms with Gasteiger partial charge in [0, 0.05) is 5.56 Å². The molecule has 1 saturated carbocycles. The summed E-state index contributed by atoms with van der Waals surface area (Å²) >= 11 is 0. The number of primary amides is 1. The number of nitrogens with one attached hydrogen (secondary N) is 1. The van der Waals surface area contributed by atoms with Gasteiger partial charge in [0.15, 0.2) is 11.5 Å². The van der Waals surface area contributed by atoms with Crippen molar-refractivity contribution in [3.8, 4) is 22.6 Å². The average Bonchev–Trinajstić information content (AvgIpc) is 3.46. The second-order valence-corrected chi connectivity index (χ2v) is 8.20. The molecule has 5 rings (SSSR count). The van der Waals surface area contributed by atoms with Gasteiger partial charge in [-0.05, 0) is 78.4 Å². The fourth-order valence-corrected chi connectivity index (χ4v) is 4.13. The number of nitrogens with two attached hydrogens (primary N) is 1. The van der Waals surface area contributed by atoms with Crippen LogP contribution in [0.4, 0.5) is 10.1 Å². The number of benzene rings is 3. The number of hydrogen-bond acceptors (Lipinski definition) is 4. The summed E-state index contributed by atoms with van der Waals surface area (Å²) in [5, 5.41) is 2.78. The predicted molar refractivity (Wildman–Crippen MR) is 117 cm³/mol. The second kappa shape index (κ2) is 7.37. The van der Waals surface area contributed by atoms with E-state index in [2.05, 4.69) is 5.32 Å². The van der Waals surface area contributed by atoms with Crippen molar-refractivity contribution in [2.75, 3.05) is 12.1 Å². The van der Waals surface area contributed by atoms with E-state index < -0.39 is 17.1 Å². The van der Waals surface area contributed by atoms with Crippen LogP contribution in [0.25, 0.3) is 11.1 Å². The van der Waals surface area contributed by atoms with Gasteiger partial charge >= 0.3 is 0 Å². The molecule has 0 spiro atoms. The Morgan fingerprint density at radius 1 is 1.03 bits per heavy atom. The van der Waals surface area contributed by atoms with E-state index in [-0.39, 0.29) is 18.4 Å². The zero-order valence-electron chi connectivity index (χ0n) is 17.4. The molecule has 0 saturated heterocycles. The van der Waals surface area contributed by atoms with E-state index in [4.69, 9.17) is 15.2 Å². The van der Waals surface area contributed by atoms with Crippen LogP contribution in [0, 0.1) is 12.7 Å². The van der Waals surface area contributed by atoms with Crippen LogP contribution in [-0.2, 0) is 10.2 Å². The van der Waals surface area contributed by atoms with Crippen LogP contribution in [0.15, 0.2) is 54.6 Å². The van der Waals surface area contributed by atoms with Crippen molar-refractivity contribution in [1.82, 2.24) is 0 Å². The third kappa shape index (κ3) is 3.36. The van der Waals surface area contributed by atoms with E-state index in [0.717, 1.165) is 5.56 Å². The third-order valence-electron chi connectivity index (χ3n) is 6.13. The molecule has 0 unspecified atom stereocenters. The highest BCUT2D eigenvalue weighted by Crippen LogP contribution is 2.51. The van der Waals surface area contributed by atoms with Gasteiger partial charge in [-0.15, -0.1) is 0 Å². The largest absolute Gasteiger partial charge is 0.454 e. The Balaban J connectivity index is 1.46. The number of amides is 2. The Morgan fingerprint density at radius 2 is 1.81 bits per heavy atom. The molecule has 0 bridgehead atoms. The molecule has 1 aliphatic heterocycles. The van der Waals surface area contributed by atoms with Crippen molar-refractivity contribution in [2.24, 2.45) is 5.73 Å². The van der Waals surface area contributed by atoms with Crippen molar-refractivity contribution in [3.05, 3.63) is 77.1 Å². The lowest BCUT2D eigenvalue weighted by Gasteiger charge is -2.18. The standard InChI is InChI=1S/C25H21FN2O4/c1-14-9-19(26)20(12-18(14)15-3-2-4-16(10-15)23(27)29)28-24(30)25(7-8-25)17-5-6-21-22(11-17)32-13-31-21/h2-6,9-12H,7-8,13H2,1H3,(H2,27,29)(H,28,30). The Kier molecular flexibility index (Phi) is 4.62. The van der Waals surface area contributed by atoms with Crippen LogP contribution in [0.2, 0.25) is 0 Å². The van der Waals surface area contributed by atoms with Gasteiger partial charge in [0.1, 0.15) is 5.82 Å². The number of fused-ring (bicyclic) bond motifs is 1. The highest BCUT2D eigenvalue weighted by Gasteiger charge is 2.51. The highest BCUT2D eigenvalue weighted by atomic mass is 19.1. The summed E-state index contributed by atoms with van der Waals surface area (Å²) < 4.78 is 25.6. The quantitative estimate of drug-likeness (QED) is 0.629. The van der Waals surface area contributed by atoms with Gasteiger partial charge in [0.05, 0.1) is 11.1 Å². The zero-order chi connectivity index (χ0) is 22.5. The lowest BCUT2D eigenvalue weighted by molar-refractivity contribution is -0.118. The third-order valence-corrected chi connectivity index (χ3v) is 6.13. The number of ether oxygens (including phenoxy) is 2. The molecule has 2 amide bonds. The van der Waals surface area contributed by atoms with Crippen LogP contribution in [0.5, 0.6) is 11.5 Å². The second-order valence-electron chi connectivity index (χ2n) is 8.20. The summed E-state index contributed by atoms with van der Waals surface area (Å²) in [6.45, 7) is 1.93. The minimum absolute atomic E-state index is 0.0899. The Bertz CT molecular complexity index is 1270. The molecular formula is C25H21FN2O4. The smallest absolute Gasteiger partial charge is 0.248 e. The normalized spacial score (nSPS) is 15.3. The molecule has 0 radical (unpaired) electrons. The van der Waals surface area contributed by atoms with Crippen LogP contribution in [-0.4, -0.2) is 18.6 Å². The molecular weight excluding hydrogens is 411 g/mol. The van der Waals surface area contributed by atoms with E-state index in [1.165, 1.54) is 6.07 Å². The molecule has 1 fully saturated rings. The van der Waals surface area contributed by atoms with Crippen LogP contribution in [0.3, 0.4) is 0 Å². The molecule has 6 nitrogen and oxygen atoms in total. The first-order valence-corrected chi connectivity index (χ1v) is 10.3. The Labute approximate surface area is 184 Å². The first kappa shape index (κ1) is 20.1. The summed E-state index contributed by atoms with van der Waals surface area (Å²) in [6.07, 6.45) is 1.33. The van der Waals surface area contributed by atoms with Gasteiger partial charge in [-0.25, -0.2) is 4.39 Å². The van der Waals surface area contributed by atoms with Crippen molar-refractivity contribution < 1.29 is 23.5 Å². The first-order valence-electron chi connectivity index (χ1n) is 10.3. The summed E-state index contributed by atoms with van der Waals surface area (Å²) in [5.41, 5.74) is 8.04. The van der Waals surface area contributed by atoms with E-state index >= 15 is 0 Å². The summed E-state index contributed by atoms with van der Waals surface area (Å²) in [5.74, 6) is -0.0697. The van der Waals surface area contributed by atoms with Crippen molar-refractivity contribution >= 4 is 17.5 Å². The highest BCUT2D eigenvalue weighted by molar-refractivity contribution is 6.02. The first-order chi connectivity index (χ1) is 15.4. The monoisotopic (exact) mass is 432 g/mol. The molecule has 3 aromatic rings. The fourth-order valence-electron chi connectivity index (χ4n) is 4.13. The van der Waals surface area contributed by atoms with Gasteiger partial charge in [-0.2, -0.15) is 0 Å². The number of hydrogen-bond donors (Lipinski definition) is 2. The van der Waals surface area contributed by atoms with E-state index in [0.29, 0.717) is 46.6 Å². The average molecular weight is 432 g/mol. The molecule has 2 aliphatic rings. The SMILES string of the molecule is Cc1cc(F)c(NC(=O)C2(c3ccc4c(c3)OCO4)CC2)cc1-c1cccc(C(N)=O)c1. The van der Waals surface area contributed by atoms with Gasteiger partial charge in [-0.3, -0.25) is 9.59 Å². The van der Waals surface area contributed by atoms with Crippen molar-refractivity contribution in [2.45, 2.75) is 25.2 Å². The van der Waals surface area contributed by atoms with Crippen molar-refractivity contribution in [3.63, 3.8) is 0 Å². The molecule has 32 heavy (non-hydrogen) atoms. The molecule has 1 aliphatic carbocycles. The van der Waals surface area contributed by atoms with Crippen LogP contribution < -0.4 is 20.5 Å². The summed E-state index contributed by atoms with van der Waals surface area (Å²) in [7, 11) is 0. The molecule has 3 N–H and O–H groups in total. The Morgan fingerprint density at radius 3 is 2.56 bits per heavy atom. The summed E-state index contributed by atoms with van der Waals surface area (Å²) in [6, 6.07) is 15.2. The zero-order valence-corrected chi connectivity index (χ0v) is 17.4. The van der Waals surface area contributed by atoms with Gasteiger partial charge in [-0.1, -0.05) is 18.2 Å². The Hall–Kier alpha value is -3.87. The van der Waals surface area contributed by atoms with Gasteiger partial charge in [0.25, 0.3) is 0 Å². The van der Waals surface area contributed by atoms with Crippen LogP contribution in [0.1, 0.15) is 34.3 Å². The number of carbonyl (C=O) groups is 2. The topological polar surface area (TPSA) is 90.7 Å². The maximum Gasteiger partial charge on any atom is 0.248 e. The molecule has 7 heteroatoms. The fraction of sp³-hybridized carbons (Fsp3) is 0.200. The lowest BCUT2D eigenvalue weighted by Crippen LogP contribution is -2.28. The van der Waals surface area contributed by atoms with Gasteiger partial charge < -0.3 is 20.5 Å². The van der Waals surface area contributed by atoms with E-state index in [9.17, 15) is 14.0 Å². The number of carbonyl (C=O) groups excluding carboxylic acids is 2. The van der Waals surface area contributed by atoms with Crippen molar-refractivity contribution in [1.29, 1.82) is 0 Å². The molecule has 0 atom stereocenters. The maximum absolute atomic E-state index is 14.8. The minimum atomic E-state index is -0.718. The predicted octanol–water partition coefficient (Wildman–Crippen LogP) is 4.30. The lowest BCUT2D eigenvalue weighted by atomic mass is 9.94. The summed E-state index contributed by atoms with van der Waals surface area (Å²) in [4.78, 5) is 24.8. The molecule has 162 valence electrons. The van der Waals surface area contributed by atoms with E-state index in [1.54, 1.807) is 37.3 Å². The molecule has 0 aromatic heterocycles. The van der Waals surface area contributed by atoms with Gasteiger partial charge in [0.2, 0.25) is 18.6 Å².